The Morgan fingerprint density at radius 2 is 2.05 bits per heavy atom. The zero-order valence-corrected chi connectivity index (χ0v) is 11.8. The molecule has 2 rings (SSSR count). The number of rotatable bonds is 3. The van der Waals surface area contributed by atoms with Crippen LogP contribution in [0, 0.1) is 0 Å². The highest BCUT2D eigenvalue weighted by molar-refractivity contribution is 9.10. The van der Waals surface area contributed by atoms with E-state index in [0.717, 1.165) is 4.90 Å². The highest BCUT2D eigenvalue weighted by Gasteiger charge is 2.21. The maximum absolute atomic E-state index is 12.1. The quantitative estimate of drug-likeness (QED) is 0.906. The topological polar surface area (TPSA) is 76.1 Å². The van der Waals surface area contributed by atoms with Gasteiger partial charge in [0.15, 0.2) is 11.5 Å². The standard InChI is InChI=1S/C12H12BrNO5/c1-14(6-10(15)16)12(17)7-4-8(13)11-9(5-7)18-2-3-19-11/h4-5H,2-3,6H2,1H3,(H,15,16). The first-order valence-electron chi connectivity index (χ1n) is 5.55. The number of aliphatic carboxylic acids is 1. The van der Waals surface area contributed by atoms with Gasteiger partial charge in [0.25, 0.3) is 5.91 Å². The molecule has 0 saturated heterocycles. The average Bonchev–Trinajstić information content (AvgIpc) is 2.37. The molecule has 19 heavy (non-hydrogen) atoms. The van der Waals surface area contributed by atoms with E-state index in [1.807, 2.05) is 0 Å². The highest BCUT2D eigenvalue weighted by Crippen LogP contribution is 2.38. The summed E-state index contributed by atoms with van der Waals surface area (Å²) in [5, 5.41) is 8.68. The third-order valence-electron chi connectivity index (χ3n) is 2.56. The summed E-state index contributed by atoms with van der Waals surface area (Å²) >= 11 is 3.31. The van der Waals surface area contributed by atoms with Gasteiger partial charge in [-0.25, -0.2) is 0 Å². The zero-order chi connectivity index (χ0) is 14.0. The summed E-state index contributed by atoms with van der Waals surface area (Å²) in [7, 11) is 1.43. The van der Waals surface area contributed by atoms with Crippen molar-refractivity contribution in [2.24, 2.45) is 0 Å². The maximum Gasteiger partial charge on any atom is 0.323 e. The van der Waals surface area contributed by atoms with Crippen molar-refractivity contribution in [1.29, 1.82) is 0 Å². The minimum absolute atomic E-state index is 0.347. The van der Waals surface area contributed by atoms with Crippen LogP contribution < -0.4 is 9.47 Å². The lowest BCUT2D eigenvalue weighted by molar-refractivity contribution is -0.137. The summed E-state index contributed by atoms with van der Waals surface area (Å²) in [6.45, 7) is 0.519. The Morgan fingerprint density at radius 1 is 1.37 bits per heavy atom. The molecule has 0 spiro atoms. The minimum Gasteiger partial charge on any atom is -0.486 e. The van der Waals surface area contributed by atoms with Gasteiger partial charge >= 0.3 is 5.97 Å². The van der Waals surface area contributed by atoms with Gasteiger partial charge in [0, 0.05) is 12.6 Å². The number of likely N-dealkylation sites (N-methyl/N-ethyl adjacent to an activating group) is 1. The number of amides is 1. The lowest BCUT2D eigenvalue weighted by Crippen LogP contribution is -2.32. The van der Waals surface area contributed by atoms with Gasteiger partial charge in [0.05, 0.1) is 4.47 Å². The normalized spacial score (nSPS) is 12.9. The van der Waals surface area contributed by atoms with E-state index in [4.69, 9.17) is 14.6 Å². The molecule has 1 N–H and O–H groups in total. The van der Waals surface area contributed by atoms with Crippen LogP contribution >= 0.6 is 15.9 Å². The predicted octanol–water partition coefficient (Wildman–Crippen LogP) is 1.38. The number of benzene rings is 1. The second-order valence-corrected chi connectivity index (χ2v) is 4.89. The van der Waals surface area contributed by atoms with Crippen LogP contribution in [-0.4, -0.2) is 48.7 Å². The fourth-order valence-corrected chi connectivity index (χ4v) is 2.29. The van der Waals surface area contributed by atoms with Gasteiger partial charge in [-0.05, 0) is 28.1 Å². The van der Waals surface area contributed by atoms with Crippen LogP contribution in [0.2, 0.25) is 0 Å². The Morgan fingerprint density at radius 3 is 2.74 bits per heavy atom. The third-order valence-corrected chi connectivity index (χ3v) is 3.15. The van der Waals surface area contributed by atoms with Gasteiger partial charge in [-0.2, -0.15) is 0 Å². The van der Waals surface area contributed by atoms with E-state index in [9.17, 15) is 9.59 Å². The van der Waals surface area contributed by atoms with E-state index in [1.165, 1.54) is 7.05 Å². The molecule has 1 aliphatic rings. The van der Waals surface area contributed by atoms with Crippen molar-refractivity contribution >= 4 is 27.8 Å². The van der Waals surface area contributed by atoms with Gasteiger partial charge in [-0.1, -0.05) is 0 Å². The number of carboxylic acid groups (broad SMARTS) is 1. The van der Waals surface area contributed by atoms with Gasteiger partial charge < -0.3 is 19.5 Å². The van der Waals surface area contributed by atoms with Crippen molar-refractivity contribution in [2.75, 3.05) is 26.8 Å². The van der Waals surface area contributed by atoms with Crippen molar-refractivity contribution < 1.29 is 24.2 Å². The van der Waals surface area contributed by atoms with E-state index in [0.29, 0.717) is 34.7 Å². The van der Waals surface area contributed by atoms with Crippen LogP contribution in [0.25, 0.3) is 0 Å². The third kappa shape index (κ3) is 2.98. The molecular weight excluding hydrogens is 318 g/mol. The first kappa shape index (κ1) is 13.7. The van der Waals surface area contributed by atoms with Gasteiger partial charge in [-0.3, -0.25) is 9.59 Å². The molecule has 1 aromatic carbocycles. The number of nitrogens with zero attached hydrogens (tertiary/aromatic N) is 1. The van der Waals surface area contributed by atoms with Gasteiger partial charge in [0.2, 0.25) is 0 Å². The summed E-state index contributed by atoms with van der Waals surface area (Å²) in [5.41, 5.74) is 0.347. The molecule has 0 atom stereocenters. The number of ether oxygens (including phenoxy) is 2. The number of carbonyl (C=O) groups excluding carboxylic acids is 1. The number of carboxylic acids is 1. The summed E-state index contributed by atoms with van der Waals surface area (Å²) in [4.78, 5) is 23.8. The minimum atomic E-state index is -1.06. The number of halogens is 1. The lowest BCUT2D eigenvalue weighted by atomic mass is 10.1. The zero-order valence-electron chi connectivity index (χ0n) is 10.2. The molecule has 0 saturated carbocycles. The molecule has 1 heterocycles. The van der Waals surface area contributed by atoms with Crippen LogP contribution in [0.1, 0.15) is 10.4 Å². The van der Waals surface area contributed by atoms with Crippen molar-refractivity contribution in [3.8, 4) is 11.5 Å². The Bertz CT molecular complexity index is 531. The smallest absolute Gasteiger partial charge is 0.323 e. The van der Waals surface area contributed by atoms with E-state index in [1.54, 1.807) is 12.1 Å². The Balaban J connectivity index is 2.28. The molecule has 7 heteroatoms. The van der Waals surface area contributed by atoms with Crippen molar-refractivity contribution in [3.05, 3.63) is 22.2 Å². The van der Waals surface area contributed by atoms with Crippen molar-refractivity contribution in [2.45, 2.75) is 0 Å². The van der Waals surface area contributed by atoms with Crippen molar-refractivity contribution in [1.82, 2.24) is 4.90 Å². The molecule has 0 bridgehead atoms. The van der Waals surface area contributed by atoms with Gasteiger partial charge in [-0.15, -0.1) is 0 Å². The van der Waals surface area contributed by atoms with Crippen molar-refractivity contribution in [3.63, 3.8) is 0 Å². The van der Waals surface area contributed by atoms with Crippen LogP contribution in [0.4, 0.5) is 0 Å². The van der Waals surface area contributed by atoms with E-state index in [-0.39, 0.29) is 12.5 Å². The highest BCUT2D eigenvalue weighted by atomic mass is 79.9. The number of carbonyl (C=O) groups is 2. The molecular formula is C12H12BrNO5. The molecule has 0 radical (unpaired) electrons. The SMILES string of the molecule is CN(CC(=O)O)C(=O)c1cc(Br)c2c(c1)OCCO2. The van der Waals surface area contributed by atoms with Crippen LogP contribution in [-0.2, 0) is 4.79 Å². The fraction of sp³-hybridized carbons (Fsp3) is 0.333. The molecule has 0 fully saturated rings. The molecule has 102 valence electrons. The molecule has 1 aromatic rings. The van der Waals surface area contributed by atoms with E-state index < -0.39 is 5.97 Å². The Labute approximate surface area is 118 Å². The maximum atomic E-state index is 12.1. The number of fused-ring (bicyclic) bond motifs is 1. The predicted molar refractivity (Wildman–Crippen MR) is 69.7 cm³/mol. The molecule has 1 amide bonds. The van der Waals surface area contributed by atoms with Crippen LogP contribution in [0.5, 0.6) is 11.5 Å². The summed E-state index contributed by atoms with van der Waals surface area (Å²) in [5.74, 6) is -0.413. The Kier molecular flexibility index (Phi) is 3.94. The first-order valence-corrected chi connectivity index (χ1v) is 6.34. The van der Waals surface area contributed by atoms with Gasteiger partial charge in [0.1, 0.15) is 19.8 Å². The number of hydrogen-bond acceptors (Lipinski definition) is 4. The molecule has 0 aromatic heterocycles. The molecule has 6 nitrogen and oxygen atoms in total. The second-order valence-electron chi connectivity index (χ2n) is 4.04. The average molecular weight is 330 g/mol. The summed E-state index contributed by atoms with van der Waals surface area (Å²) in [6.07, 6.45) is 0. The van der Waals surface area contributed by atoms with Crippen LogP contribution in [0.15, 0.2) is 16.6 Å². The number of hydrogen-bond donors (Lipinski definition) is 1. The lowest BCUT2D eigenvalue weighted by Gasteiger charge is -2.21. The largest absolute Gasteiger partial charge is 0.486 e. The Hall–Kier alpha value is -1.76. The fourth-order valence-electron chi connectivity index (χ4n) is 1.73. The second kappa shape index (κ2) is 5.48. The first-order chi connectivity index (χ1) is 8.99. The van der Waals surface area contributed by atoms with Crippen LogP contribution in [0.3, 0.4) is 0 Å². The monoisotopic (exact) mass is 329 g/mol. The molecule has 0 aliphatic carbocycles. The summed E-state index contributed by atoms with van der Waals surface area (Å²) in [6, 6.07) is 3.15. The summed E-state index contributed by atoms with van der Waals surface area (Å²) < 4.78 is 11.4. The van der Waals surface area contributed by atoms with E-state index >= 15 is 0 Å². The molecule has 0 unspecified atom stereocenters. The molecule has 1 aliphatic heterocycles. The van der Waals surface area contributed by atoms with E-state index in [2.05, 4.69) is 15.9 Å².